The van der Waals surface area contributed by atoms with E-state index in [1.807, 2.05) is 250 Å². The molecule has 0 saturated carbocycles. The van der Waals surface area contributed by atoms with Crippen LogP contribution in [-0.2, 0) is 23.7 Å². The lowest BCUT2D eigenvalue weighted by Crippen LogP contribution is -2.24. The zero-order valence-electron chi connectivity index (χ0n) is 85.1. The molecule has 0 radical (unpaired) electrons. The lowest BCUT2D eigenvalue weighted by atomic mass is 9.72. The van der Waals surface area contributed by atoms with Crippen LogP contribution >= 0.6 is 0 Å². The van der Waals surface area contributed by atoms with Gasteiger partial charge in [-0.3, -0.25) is 0 Å². The lowest BCUT2D eigenvalue weighted by molar-refractivity contribution is 0.284. The second kappa shape index (κ2) is 52.0. The minimum Gasteiger partial charge on any atom is -0.508 e. The Balaban J connectivity index is 0.000000183. The molecule has 0 aliphatic carbocycles. The third kappa shape index (κ3) is 34.7. The average Bonchev–Trinajstić information content (AvgIpc) is 0.755. The van der Waals surface area contributed by atoms with Gasteiger partial charge in [0.25, 0.3) is 0 Å². The smallest absolute Gasteiger partial charge is 0.127 e. The van der Waals surface area contributed by atoms with Gasteiger partial charge < -0.3 is 86.4 Å². The van der Waals surface area contributed by atoms with Gasteiger partial charge in [-0.25, -0.2) is 0 Å². The van der Waals surface area contributed by atoms with E-state index in [-0.39, 0.29) is 74.4 Å². The molecule has 0 aliphatic heterocycles. The molecule has 0 aliphatic rings. The summed E-state index contributed by atoms with van der Waals surface area (Å²) in [5, 5.41) is 151. The highest BCUT2D eigenvalue weighted by molar-refractivity contribution is 5.66. The van der Waals surface area contributed by atoms with Gasteiger partial charge in [0.2, 0.25) is 0 Å². The van der Waals surface area contributed by atoms with Crippen molar-refractivity contribution >= 4 is 0 Å². The van der Waals surface area contributed by atoms with Gasteiger partial charge in [0.05, 0.1) is 0 Å². The zero-order valence-corrected chi connectivity index (χ0v) is 85.1. The Hall–Kier alpha value is -16.7. The topological polar surface area (TPSA) is 333 Å². The normalized spacial score (nSPS) is 10.8. The molecule has 0 bridgehead atoms. The molecule has 144 heavy (non-hydrogen) atoms. The predicted octanol–water partition coefficient (Wildman–Crippen LogP) is 30.6. The van der Waals surface area contributed by atoms with E-state index in [1.165, 1.54) is 16.7 Å². The molecule has 17 rings (SSSR count). The van der Waals surface area contributed by atoms with Gasteiger partial charge >= 0.3 is 0 Å². The average molecular weight is 1930 g/mol. The van der Waals surface area contributed by atoms with Crippen molar-refractivity contribution in [1.29, 1.82) is 0 Å². The van der Waals surface area contributed by atoms with Crippen LogP contribution in [-0.4, -0.2) is 81.7 Å². The predicted molar refractivity (Wildman–Crippen MR) is 582 cm³/mol. The molecule has 17 aromatic carbocycles. The number of benzene rings is 17. The second-order valence-corrected chi connectivity index (χ2v) is 38.6. The largest absolute Gasteiger partial charge is 0.508 e. The molecule has 17 aromatic rings. The summed E-state index contributed by atoms with van der Waals surface area (Å²) < 4.78 is 5.47. The Labute approximate surface area is 847 Å². The van der Waals surface area contributed by atoms with Crippen LogP contribution in [0.2, 0.25) is 0 Å². The SMILES string of the molecule is CC(C)(C)CC(C)(C)c1ccc(O)cc1.CC(C)(C)c1ccc(O)cc1.CC(c1ccc(O)cc1)c1ccc(O)cc1.Cc1cc(C(c2ccccc2O)c2cc(C)c(O)c(C)c2C)c(C)c(C)c1O.Cc1cc(Cc2ccc(O)c(C)c2)ccc1O.Oc1ccc(-c2ccc(O)cc2)cc1.Oc1ccc(-c2ccccc2)cc1.Oc1ccc(Cc2ccc(O)cc2)cc1.Oc1ccc(Oc2ccc(O)cc2)cc1. The van der Waals surface area contributed by atoms with Crippen molar-refractivity contribution in [3.05, 3.63) is 476 Å². The fourth-order valence-corrected chi connectivity index (χ4v) is 16.2. The third-order valence-electron chi connectivity index (χ3n) is 24.4. The van der Waals surface area contributed by atoms with Gasteiger partial charge in [-0.2, -0.15) is 0 Å². The van der Waals surface area contributed by atoms with Gasteiger partial charge in [-0.05, 0) is 389 Å². The van der Waals surface area contributed by atoms with E-state index < -0.39 is 0 Å². The molecule has 0 amide bonds. The Morgan fingerprint density at radius 3 is 0.819 bits per heavy atom. The number of aryl methyl sites for hydroxylation is 4. The molecule has 16 N–H and O–H groups in total. The first-order valence-corrected chi connectivity index (χ1v) is 47.5. The molecule has 17 nitrogen and oxygen atoms in total. The number of hydrogen-bond acceptors (Lipinski definition) is 17. The summed E-state index contributed by atoms with van der Waals surface area (Å²) in [5.41, 5.74) is 24.4. The van der Waals surface area contributed by atoms with E-state index in [4.69, 9.17) is 45.6 Å². The standard InChI is InChI=1S/C25H28O3.C15H16O2.C14H14O2.C14H22O.C13H12O2.C12H10O3.C12H10O2.C12H10O.C10H14O/c1-13-11-20(15(3)17(5)24(13)27)23(19-9-7-8-10-22(19)26)21-12-14(2)25(28)18(6)16(21)4;1-10-7-12(3-5-14(10)16)9-13-4-6-15(17)11(2)8-13;1-10(11-2-6-13(15)7-3-11)12-4-8-14(16)9-5-12;1-13(2,3)10-14(4,5)11-6-8-12(15)9-7-11;14-12-5-1-10(2-6-12)9-11-3-7-13(15)8-4-11;13-9-1-5-11(6-2-9)15-12-7-3-10(14)4-8-12;13-11-5-1-9(2-6-11)10-3-7-12(14)8-4-10;13-12-8-6-11(7-9-12)10-4-2-1-3-5-10;1-10(2,3)8-4-6-9(11)7-5-8/h7-12,23,26-28H,1-6H3;3-8,16-17H,9H2,1-2H3;2-10,15-16H,1H3;6-9,15H,10H2,1-5H3;1-8,14-15H,9H2;1-8,13-14H;1-8,13-14H;1-9,13H;4-7,11H,1-3H3. The first kappa shape index (κ1) is 111. The zero-order chi connectivity index (χ0) is 105. The third-order valence-corrected chi connectivity index (χ3v) is 24.4. The molecule has 0 spiro atoms. The Kier molecular flexibility index (Phi) is 40.1. The van der Waals surface area contributed by atoms with Gasteiger partial charge in [0.1, 0.15) is 103 Å². The van der Waals surface area contributed by atoms with Crippen LogP contribution in [0, 0.1) is 60.8 Å². The van der Waals surface area contributed by atoms with E-state index in [9.17, 15) is 40.9 Å². The molecule has 0 saturated heterocycles. The summed E-state index contributed by atoms with van der Waals surface area (Å²) in [5.74, 6) is 5.85. The van der Waals surface area contributed by atoms with Gasteiger partial charge in [0.15, 0.2) is 0 Å². The summed E-state index contributed by atoms with van der Waals surface area (Å²) in [6.45, 7) is 35.3. The first-order valence-electron chi connectivity index (χ1n) is 47.5. The molecule has 0 unspecified atom stereocenters. The number of para-hydroxylation sites is 1. The second-order valence-electron chi connectivity index (χ2n) is 38.6. The van der Waals surface area contributed by atoms with Crippen molar-refractivity contribution in [2.75, 3.05) is 0 Å². The Morgan fingerprint density at radius 2 is 0.507 bits per heavy atom. The Morgan fingerprint density at radius 1 is 0.236 bits per heavy atom. The number of ether oxygens (including phenoxy) is 1. The van der Waals surface area contributed by atoms with E-state index in [0.717, 1.165) is 131 Å². The van der Waals surface area contributed by atoms with Crippen LogP contribution in [0.1, 0.15) is 186 Å². The summed E-state index contributed by atoms with van der Waals surface area (Å²) in [7, 11) is 0. The van der Waals surface area contributed by atoms with Crippen LogP contribution in [0.15, 0.2) is 370 Å². The van der Waals surface area contributed by atoms with Gasteiger partial charge in [-0.1, -0.05) is 256 Å². The minimum atomic E-state index is -0.211. The van der Waals surface area contributed by atoms with Crippen molar-refractivity contribution in [3.63, 3.8) is 0 Å². The molecule has 17 heteroatoms. The molecule has 746 valence electrons. The summed E-state index contributed by atoms with van der Waals surface area (Å²) in [6.07, 6.45) is 2.74. The van der Waals surface area contributed by atoms with Crippen LogP contribution in [0.5, 0.6) is 103 Å². The summed E-state index contributed by atoms with van der Waals surface area (Å²) >= 11 is 0. The number of phenols is 16. The first-order chi connectivity index (χ1) is 68.2. The van der Waals surface area contributed by atoms with E-state index in [1.54, 1.807) is 176 Å². The van der Waals surface area contributed by atoms with Crippen LogP contribution in [0.3, 0.4) is 0 Å². The Bertz CT molecular complexity index is 6480. The van der Waals surface area contributed by atoms with E-state index in [0.29, 0.717) is 57.2 Å². The van der Waals surface area contributed by atoms with Crippen molar-refractivity contribution in [3.8, 4) is 126 Å². The maximum atomic E-state index is 10.7. The fourth-order valence-electron chi connectivity index (χ4n) is 16.2. The van der Waals surface area contributed by atoms with Crippen LogP contribution in [0.4, 0.5) is 0 Å². The highest BCUT2D eigenvalue weighted by Crippen LogP contribution is 2.46. The quantitative estimate of drug-likeness (QED) is 0.0424. The molecule has 0 heterocycles. The maximum Gasteiger partial charge on any atom is 0.127 e. The maximum absolute atomic E-state index is 10.7. The van der Waals surface area contributed by atoms with E-state index >= 15 is 0 Å². The van der Waals surface area contributed by atoms with Crippen molar-refractivity contribution in [2.45, 2.75) is 160 Å². The molecular weight excluding hydrogens is 1800 g/mol. The van der Waals surface area contributed by atoms with Crippen molar-refractivity contribution in [2.24, 2.45) is 5.41 Å². The highest BCUT2D eigenvalue weighted by Gasteiger charge is 2.29. The van der Waals surface area contributed by atoms with Crippen LogP contribution in [0.25, 0.3) is 22.3 Å². The summed E-state index contributed by atoms with van der Waals surface area (Å²) in [4.78, 5) is 0. The summed E-state index contributed by atoms with van der Waals surface area (Å²) in [6, 6.07) is 110. The van der Waals surface area contributed by atoms with Crippen molar-refractivity contribution in [1.82, 2.24) is 0 Å². The molecule has 0 fully saturated rings. The minimum absolute atomic E-state index is 0.159. The number of rotatable bonds is 15. The monoisotopic (exact) mass is 1930 g/mol. The lowest BCUT2D eigenvalue weighted by Gasteiger charge is -2.33. The number of aromatic hydroxyl groups is 16. The number of hydrogen-bond donors (Lipinski definition) is 16. The van der Waals surface area contributed by atoms with Crippen molar-refractivity contribution < 1.29 is 86.4 Å². The molecular formula is C127H136O17. The van der Waals surface area contributed by atoms with Crippen LogP contribution < -0.4 is 4.74 Å². The van der Waals surface area contributed by atoms with E-state index in [2.05, 4.69) is 62.3 Å². The molecule has 0 aromatic heterocycles. The number of phenolic OH excluding ortho intramolecular Hbond substituents is 16. The van der Waals surface area contributed by atoms with Gasteiger partial charge in [0, 0.05) is 17.4 Å². The highest BCUT2D eigenvalue weighted by atomic mass is 16.5. The van der Waals surface area contributed by atoms with Gasteiger partial charge in [-0.15, -0.1) is 0 Å². The fraction of sp³-hybridized carbons (Fsp3) is 0.197. The molecule has 0 atom stereocenters.